The van der Waals surface area contributed by atoms with E-state index in [4.69, 9.17) is 10.6 Å². The second kappa shape index (κ2) is 7.26. The number of thiazole rings is 1. The van der Waals surface area contributed by atoms with Gasteiger partial charge in [-0.3, -0.25) is 14.9 Å². The number of carboxylic acids is 1. The molecule has 2 amide bonds. The Morgan fingerprint density at radius 1 is 1.45 bits per heavy atom. The molecule has 1 aliphatic rings. The first-order chi connectivity index (χ1) is 14.0. The molecule has 1 unspecified atom stereocenters. The highest BCUT2D eigenvalue weighted by Gasteiger charge is 2.28. The van der Waals surface area contributed by atoms with Crippen LogP contribution in [0.5, 0.6) is 0 Å². The maximum absolute atomic E-state index is 12.6. The fourth-order valence-electron chi connectivity index (χ4n) is 3.19. The van der Waals surface area contributed by atoms with Crippen molar-refractivity contribution in [3.05, 3.63) is 56.5 Å². The third kappa shape index (κ3) is 3.49. The van der Waals surface area contributed by atoms with Crippen molar-refractivity contribution in [3.8, 4) is 0 Å². The van der Waals surface area contributed by atoms with Crippen LogP contribution in [0.2, 0.25) is 0 Å². The van der Waals surface area contributed by atoms with Crippen LogP contribution in [0.15, 0.2) is 28.7 Å². The largest absolute Gasteiger partial charge is 0.476 e. The van der Waals surface area contributed by atoms with E-state index in [1.54, 1.807) is 18.2 Å². The van der Waals surface area contributed by atoms with E-state index < -0.39 is 11.9 Å². The summed E-state index contributed by atoms with van der Waals surface area (Å²) in [6.45, 7) is 0.129. The number of aromatic nitrogens is 2. The summed E-state index contributed by atoms with van der Waals surface area (Å²) in [5.41, 5.74) is 10.6. The summed E-state index contributed by atoms with van der Waals surface area (Å²) < 4.78 is 0. The number of nitrogens with one attached hydrogen (secondary N) is 3. The Balaban J connectivity index is 1.63. The third-order valence-electron chi connectivity index (χ3n) is 4.49. The van der Waals surface area contributed by atoms with Crippen LogP contribution in [0.1, 0.15) is 36.9 Å². The van der Waals surface area contributed by atoms with Crippen LogP contribution >= 0.6 is 11.3 Å². The lowest BCUT2D eigenvalue weighted by molar-refractivity contribution is 0.0690. The van der Waals surface area contributed by atoms with Crippen molar-refractivity contribution in [1.29, 1.82) is 0 Å². The SMILES string of the molecule is [N-]=[N+]=NCC1Cc2c([nH]c3ccc(C(=O)Nc4nc(C(=O)O)cs4)cc23)C(=O)N1. The van der Waals surface area contributed by atoms with E-state index in [0.717, 1.165) is 22.3 Å². The standard InChI is InChI=1S/C17H13N7O4S/c18-24-19-5-8-4-10-9-3-7(1-2-11(9)21-13(10)15(26)20-8)14(25)23-17-22-12(6-29-17)16(27)28/h1-3,6,8,21H,4-5H2,(H,20,26)(H,27,28)(H,22,23,25). The van der Waals surface area contributed by atoms with E-state index in [1.807, 2.05) is 0 Å². The molecule has 4 N–H and O–H groups in total. The normalized spacial score (nSPS) is 15.3. The molecule has 0 saturated carbocycles. The molecule has 3 aromatic rings. The van der Waals surface area contributed by atoms with Crippen LogP contribution < -0.4 is 10.6 Å². The lowest BCUT2D eigenvalue weighted by Crippen LogP contribution is -2.43. The predicted octanol–water partition coefficient (Wildman–Crippen LogP) is 2.54. The number of H-pyrrole nitrogens is 1. The van der Waals surface area contributed by atoms with Gasteiger partial charge in [0.05, 0.1) is 0 Å². The molecule has 1 atom stereocenters. The number of fused-ring (bicyclic) bond motifs is 3. The van der Waals surface area contributed by atoms with Gasteiger partial charge in [0.1, 0.15) is 5.69 Å². The number of amides is 2. The number of hydrogen-bond donors (Lipinski definition) is 4. The molecule has 0 saturated heterocycles. The van der Waals surface area contributed by atoms with Crippen molar-refractivity contribution < 1.29 is 19.5 Å². The van der Waals surface area contributed by atoms with Crippen LogP contribution in [0.3, 0.4) is 0 Å². The van der Waals surface area contributed by atoms with Crippen LogP contribution in [0.4, 0.5) is 5.13 Å². The average molecular weight is 411 g/mol. The Bertz CT molecular complexity index is 1210. The molecule has 0 spiro atoms. The van der Waals surface area contributed by atoms with E-state index in [2.05, 4.69) is 30.6 Å². The number of hydrogen-bond acceptors (Lipinski definition) is 6. The molecule has 11 nitrogen and oxygen atoms in total. The van der Waals surface area contributed by atoms with Crippen molar-refractivity contribution in [1.82, 2.24) is 15.3 Å². The minimum absolute atomic E-state index is 0.129. The van der Waals surface area contributed by atoms with Crippen molar-refractivity contribution in [2.75, 3.05) is 11.9 Å². The molecule has 1 aromatic carbocycles. The Morgan fingerprint density at radius 2 is 2.28 bits per heavy atom. The Morgan fingerprint density at radius 3 is 3.00 bits per heavy atom. The summed E-state index contributed by atoms with van der Waals surface area (Å²) >= 11 is 1.01. The first-order valence-corrected chi connectivity index (χ1v) is 9.30. The first kappa shape index (κ1) is 18.5. The van der Waals surface area contributed by atoms with Gasteiger partial charge in [-0.05, 0) is 35.7 Å². The number of benzene rings is 1. The number of aromatic carboxylic acids is 1. The summed E-state index contributed by atoms with van der Waals surface area (Å²) in [7, 11) is 0. The maximum Gasteiger partial charge on any atom is 0.355 e. The Labute approximate surface area is 166 Å². The van der Waals surface area contributed by atoms with Gasteiger partial charge in [-0.25, -0.2) is 9.78 Å². The third-order valence-corrected chi connectivity index (χ3v) is 5.25. The fourth-order valence-corrected chi connectivity index (χ4v) is 3.87. The quantitative estimate of drug-likeness (QED) is 0.286. The summed E-state index contributed by atoms with van der Waals surface area (Å²) in [5, 5.41) is 20.0. The molecule has 2 aromatic heterocycles. The van der Waals surface area contributed by atoms with Gasteiger partial charge in [-0.15, -0.1) is 11.3 Å². The van der Waals surface area contributed by atoms with Gasteiger partial charge in [0.2, 0.25) is 0 Å². The minimum Gasteiger partial charge on any atom is -0.476 e. The second-order valence-electron chi connectivity index (χ2n) is 6.32. The van der Waals surface area contributed by atoms with Crippen LogP contribution in [0, 0.1) is 0 Å². The molecule has 0 aliphatic carbocycles. The Hall–Kier alpha value is -3.89. The zero-order chi connectivity index (χ0) is 20.5. The topological polar surface area (TPSA) is 173 Å². The van der Waals surface area contributed by atoms with Gasteiger partial charge >= 0.3 is 5.97 Å². The zero-order valence-electron chi connectivity index (χ0n) is 14.7. The van der Waals surface area contributed by atoms with Gasteiger partial charge < -0.3 is 15.4 Å². The number of azide groups is 1. The van der Waals surface area contributed by atoms with Crippen molar-refractivity contribution in [2.24, 2.45) is 5.11 Å². The Kier molecular flexibility index (Phi) is 4.63. The highest BCUT2D eigenvalue weighted by molar-refractivity contribution is 7.14. The lowest BCUT2D eigenvalue weighted by Gasteiger charge is -2.22. The van der Waals surface area contributed by atoms with Crippen LogP contribution in [-0.2, 0) is 6.42 Å². The van der Waals surface area contributed by atoms with E-state index >= 15 is 0 Å². The van der Waals surface area contributed by atoms with E-state index in [0.29, 0.717) is 23.2 Å². The van der Waals surface area contributed by atoms with Crippen molar-refractivity contribution in [3.63, 3.8) is 0 Å². The van der Waals surface area contributed by atoms with Gasteiger partial charge in [0.25, 0.3) is 11.8 Å². The molecular formula is C17H13N7O4S. The van der Waals surface area contributed by atoms with Crippen LogP contribution in [-0.4, -0.2) is 45.4 Å². The molecule has 3 heterocycles. The number of anilines is 1. The summed E-state index contributed by atoms with van der Waals surface area (Å²) in [5.74, 6) is -1.91. The zero-order valence-corrected chi connectivity index (χ0v) is 15.5. The van der Waals surface area contributed by atoms with Gasteiger partial charge in [-0.2, -0.15) is 0 Å². The molecule has 29 heavy (non-hydrogen) atoms. The van der Waals surface area contributed by atoms with Gasteiger partial charge in [0, 0.05) is 39.3 Å². The number of nitrogens with zero attached hydrogens (tertiary/aromatic N) is 4. The molecule has 146 valence electrons. The number of carboxylic acid groups (broad SMARTS) is 1. The second-order valence-corrected chi connectivity index (χ2v) is 7.18. The highest BCUT2D eigenvalue weighted by Crippen LogP contribution is 2.28. The van der Waals surface area contributed by atoms with E-state index in [9.17, 15) is 14.4 Å². The predicted molar refractivity (Wildman–Crippen MR) is 104 cm³/mol. The highest BCUT2D eigenvalue weighted by atomic mass is 32.1. The number of aromatic amines is 1. The lowest BCUT2D eigenvalue weighted by atomic mass is 9.97. The fraction of sp³-hybridized carbons (Fsp3) is 0.176. The molecule has 4 rings (SSSR count). The summed E-state index contributed by atoms with van der Waals surface area (Å²) in [4.78, 5) is 45.4. The number of carbonyl (C=O) groups is 3. The number of rotatable bonds is 5. The first-order valence-electron chi connectivity index (χ1n) is 8.42. The average Bonchev–Trinajstić information content (AvgIpc) is 3.31. The summed E-state index contributed by atoms with van der Waals surface area (Å²) in [6, 6.07) is 4.63. The minimum atomic E-state index is -1.17. The van der Waals surface area contributed by atoms with Crippen LogP contribution in [0.25, 0.3) is 21.3 Å². The maximum atomic E-state index is 12.6. The summed E-state index contributed by atoms with van der Waals surface area (Å²) in [6.07, 6.45) is 0.458. The molecule has 0 radical (unpaired) electrons. The molecule has 12 heteroatoms. The van der Waals surface area contributed by atoms with Gasteiger partial charge in [0.15, 0.2) is 10.8 Å². The van der Waals surface area contributed by atoms with E-state index in [-0.39, 0.29) is 29.3 Å². The smallest absolute Gasteiger partial charge is 0.355 e. The molecule has 1 aliphatic heterocycles. The van der Waals surface area contributed by atoms with Gasteiger partial charge in [-0.1, -0.05) is 5.11 Å². The van der Waals surface area contributed by atoms with E-state index in [1.165, 1.54) is 5.38 Å². The monoisotopic (exact) mass is 411 g/mol. The molecule has 0 fully saturated rings. The molecule has 0 bridgehead atoms. The molecular weight excluding hydrogens is 398 g/mol. The van der Waals surface area contributed by atoms with Crippen molar-refractivity contribution in [2.45, 2.75) is 12.5 Å². The number of carbonyl (C=O) groups excluding carboxylic acids is 2. The van der Waals surface area contributed by atoms with Crippen molar-refractivity contribution >= 4 is 45.2 Å².